The predicted molar refractivity (Wildman–Crippen MR) is 66.8 cm³/mol. The second-order valence-electron chi connectivity index (χ2n) is 3.77. The molecule has 0 bridgehead atoms. The van der Waals surface area contributed by atoms with Crippen molar-refractivity contribution >= 4 is 17.5 Å². The van der Waals surface area contributed by atoms with Crippen LogP contribution in [0.25, 0.3) is 11.4 Å². The summed E-state index contributed by atoms with van der Waals surface area (Å²) in [5, 5.41) is 12.5. The Bertz CT molecular complexity index is 551. The van der Waals surface area contributed by atoms with Gasteiger partial charge in [0.2, 0.25) is 11.7 Å². The van der Waals surface area contributed by atoms with Gasteiger partial charge in [0.05, 0.1) is 0 Å². The van der Waals surface area contributed by atoms with Crippen molar-refractivity contribution in [1.29, 1.82) is 0 Å². The van der Waals surface area contributed by atoms with E-state index in [4.69, 9.17) is 17.3 Å². The molecule has 1 heterocycles. The van der Waals surface area contributed by atoms with Gasteiger partial charge in [0, 0.05) is 10.6 Å². The number of primary amides is 1. The first-order valence-electron chi connectivity index (χ1n) is 5.46. The molecular weight excluding hydrogens is 254 g/mol. The molecule has 0 saturated carbocycles. The summed E-state index contributed by atoms with van der Waals surface area (Å²) in [6.07, 6.45) is 0.520. The first-order chi connectivity index (χ1) is 8.61. The maximum Gasteiger partial charge on any atom is 0.244 e. The van der Waals surface area contributed by atoms with Crippen molar-refractivity contribution in [2.45, 2.75) is 19.4 Å². The largest absolute Gasteiger partial charge is 0.368 e. The third-order valence-electron chi connectivity index (χ3n) is 2.52. The van der Waals surface area contributed by atoms with Crippen molar-refractivity contribution in [3.63, 3.8) is 0 Å². The number of hydrogen-bond donors (Lipinski definition) is 1. The predicted octanol–water partition coefficient (Wildman–Crippen LogP) is 1.43. The van der Waals surface area contributed by atoms with Crippen LogP contribution in [0.1, 0.15) is 19.4 Å². The molecule has 0 fully saturated rings. The zero-order chi connectivity index (χ0) is 13.1. The third-order valence-corrected chi connectivity index (χ3v) is 2.78. The molecule has 2 N–H and O–H groups in total. The highest BCUT2D eigenvalue weighted by Crippen LogP contribution is 2.18. The second-order valence-corrected chi connectivity index (χ2v) is 4.20. The Morgan fingerprint density at radius 2 is 2.11 bits per heavy atom. The summed E-state index contributed by atoms with van der Waals surface area (Å²) in [7, 11) is 0. The summed E-state index contributed by atoms with van der Waals surface area (Å²) in [6.45, 7) is 1.83. The van der Waals surface area contributed by atoms with Crippen molar-refractivity contribution in [3.8, 4) is 11.4 Å². The van der Waals surface area contributed by atoms with Crippen molar-refractivity contribution in [1.82, 2.24) is 20.2 Å². The average molecular weight is 266 g/mol. The summed E-state index contributed by atoms with van der Waals surface area (Å²) in [5.41, 5.74) is 6.04. The molecule has 0 unspecified atom stereocenters. The molecule has 1 atom stereocenters. The molecule has 1 amide bonds. The van der Waals surface area contributed by atoms with E-state index in [1.807, 2.05) is 6.92 Å². The second kappa shape index (κ2) is 5.14. The van der Waals surface area contributed by atoms with E-state index in [0.717, 1.165) is 5.56 Å². The highest BCUT2D eigenvalue weighted by Gasteiger charge is 2.18. The van der Waals surface area contributed by atoms with E-state index in [1.54, 1.807) is 24.3 Å². The lowest BCUT2D eigenvalue weighted by Crippen LogP contribution is -2.27. The Morgan fingerprint density at radius 3 is 2.67 bits per heavy atom. The van der Waals surface area contributed by atoms with E-state index >= 15 is 0 Å². The number of aromatic nitrogens is 4. The Hall–Kier alpha value is -1.95. The summed E-state index contributed by atoms with van der Waals surface area (Å²) in [5.74, 6) is -0.0380. The van der Waals surface area contributed by atoms with Crippen LogP contribution < -0.4 is 5.73 Å². The van der Waals surface area contributed by atoms with Crippen LogP contribution in [-0.4, -0.2) is 26.1 Å². The maximum absolute atomic E-state index is 11.2. The van der Waals surface area contributed by atoms with E-state index in [-0.39, 0.29) is 0 Å². The number of halogens is 1. The summed E-state index contributed by atoms with van der Waals surface area (Å²) in [4.78, 5) is 12.4. The highest BCUT2D eigenvalue weighted by molar-refractivity contribution is 6.30. The van der Waals surface area contributed by atoms with Gasteiger partial charge in [-0.3, -0.25) is 4.79 Å². The fourth-order valence-corrected chi connectivity index (χ4v) is 1.68. The van der Waals surface area contributed by atoms with Crippen LogP contribution in [0.5, 0.6) is 0 Å². The number of rotatable bonds is 4. The molecule has 6 nitrogen and oxygen atoms in total. The quantitative estimate of drug-likeness (QED) is 0.906. The average Bonchev–Trinajstić information content (AvgIpc) is 2.80. The van der Waals surface area contributed by atoms with Crippen LogP contribution in [-0.2, 0) is 4.79 Å². The van der Waals surface area contributed by atoms with Gasteiger partial charge in [-0.25, -0.2) is 0 Å². The Kier molecular flexibility index (Phi) is 3.57. The standard InChI is InChI=1S/C11H12ClN5O/c1-2-9(10(13)18)17-15-11(14-16-17)7-3-5-8(12)6-4-7/h3-6,9H,2H2,1H3,(H2,13,18)/t9-/m1/s1. The van der Waals surface area contributed by atoms with E-state index in [1.165, 1.54) is 4.80 Å². The molecule has 0 spiro atoms. The lowest BCUT2D eigenvalue weighted by molar-refractivity contribution is -0.121. The number of benzene rings is 1. The van der Waals surface area contributed by atoms with Crippen molar-refractivity contribution in [3.05, 3.63) is 29.3 Å². The minimum Gasteiger partial charge on any atom is -0.368 e. The van der Waals surface area contributed by atoms with Crippen molar-refractivity contribution < 1.29 is 4.79 Å². The Labute approximate surface area is 109 Å². The number of carbonyl (C=O) groups is 1. The van der Waals surface area contributed by atoms with Gasteiger partial charge in [-0.2, -0.15) is 4.80 Å². The van der Waals surface area contributed by atoms with Crippen LogP contribution in [0.2, 0.25) is 5.02 Å². The van der Waals surface area contributed by atoms with Gasteiger partial charge in [0.1, 0.15) is 0 Å². The van der Waals surface area contributed by atoms with Gasteiger partial charge >= 0.3 is 0 Å². The van der Waals surface area contributed by atoms with Crippen LogP contribution in [0.3, 0.4) is 0 Å². The number of amides is 1. The van der Waals surface area contributed by atoms with Gasteiger partial charge in [-0.05, 0) is 35.9 Å². The van der Waals surface area contributed by atoms with E-state index in [9.17, 15) is 4.79 Å². The molecule has 7 heteroatoms. The Balaban J connectivity index is 2.30. The molecule has 0 aliphatic heterocycles. The molecule has 0 aliphatic carbocycles. The van der Waals surface area contributed by atoms with Crippen LogP contribution in [0, 0.1) is 0 Å². The zero-order valence-electron chi connectivity index (χ0n) is 9.75. The summed E-state index contributed by atoms with van der Waals surface area (Å²) in [6, 6.07) is 6.48. The SMILES string of the molecule is CC[C@H](C(N)=O)n1nnc(-c2ccc(Cl)cc2)n1. The maximum atomic E-state index is 11.2. The molecule has 18 heavy (non-hydrogen) atoms. The molecule has 0 radical (unpaired) electrons. The first-order valence-corrected chi connectivity index (χ1v) is 5.84. The summed E-state index contributed by atoms with van der Waals surface area (Å²) >= 11 is 5.80. The van der Waals surface area contributed by atoms with Crippen molar-refractivity contribution in [2.24, 2.45) is 5.73 Å². The minimum atomic E-state index is -0.571. The van der Waals surface area contributed by atoms with Crippen LogP contribution in [0.4, 0.5) is 0 Å². The van der Waals surface area contributed by atoms with Crippen LogP contribution >= 0.6 is 11.6 Å². The highest BCUT2D eigenvalue weighted by atomic mass is 35.5. The lowest BCUT2D eigenvalue weighted by Gasteiger charge is -2.07. The smallest absolute Gasteiger partial charge is 0.244 e. The van der Waals surface area contributed by atoms with E-state index in [0.29, 0.717) is 17.3 Å². The Morgan fingerprint density at radius 1 is 1.44 bits per heavy atom. The fourth-order valence-electron chi connectivity index (χ4n) is 1.55. The number of tetrazole rings is 1. The normalized spacial score (nSPS) is 12.3. The van der Waals surface area contributed by atoms with Crippen molar-refractivity contribution in [2.75, 3.05) is 0 Å². The minimum absolute atomic E-state index is 0.436. The number of nitrogens with two attached hydrogens (primary N) is 1. The van der Waals surface area contributed by atoms with Gasteiger partial charge in [-0.1, -0.05) is 18.5 Å². The van der Waals surface area contributed by atoms with Crippen LogP contribution in [0.15, 0.2) is 24.3 Å². The van der Waals surface area contributed by atoms with Gasteiger partial charge in [0.15, 0.2) is 6.04 Å². The number of nitrogens with zero attached hydrogens (tertiary/aromatic N) is 4. The van der Waals surface area contributed by atoms with Gasteiger partial charge in [0.25, 0.3) is 0 Å². The van der Waals surface area contributed by atoms with E-state index in [2.05, 4.69) is 15.4 Å². The summed E-state index contributed by atoms with van der Waals surface area (Å²) < 4.78 is 0. The molecule has 0 saturated heterocycles. The zero-order valence-corrected chi connectivity index (χ0v) is 10.5. The van der Waals surface area contributed by atoms with Gasteiger partial charge in [-0.15, -0.1) is 10.2 Å². The molecular formula is C11H12ClN5O. The lowest BCUT2D eigenvalue weighted by atomic mass is 10.2. The first kappa shape index (κ1) is 12.5. The topological polar surface area (TPSA) is 86.7 Å². The van der Waals surface area contributed by atoms with E-state index < -0.39 is 11.9 Å². The number of hydrogen-bond acceptors (Lipinski definition) is 4. The molecule has 1 aromatic heterocycles. The monoisotopic (exact) mass is 265 g/mol. The molecule has 2 rings (SSSR count). The molecule has 94 valence electrons. The number of carbonyl (C=O) groups excluding carboxylic acids is 1. The fraction of sp³-hybridized carbons (Fsp3) is 0.273. The molecule has 0 aliphatic rings. The van der Waals surface area contributed by atoms with Gasteiger partial charge < -0.3 is 5.73 Å². The molecule has 1 aromatic carbocycles. The molecule has 2 aromatic rings. The third kappa shape index (κ3) is 2.48.